The van der Waals surface area contributed by atoms with E-state index in [1.54, 1.807) is 0 Å². The number of anilines is 1. The van der Waals surface area contributed by atoms with Crippen LogP contribution in [0, 0.1) is 11.8 Å². The second-order valence-electron chi connectivity index (χ2n) is 8.19. The molecule has 0 amide bonds. The molecule has 2 fully saturated rings. The van der Waals surface area contributed by atoms with Crippen LogP contribution in [-0.2, 0) is 11.3 Å². The zero-order valence-corrected chi connectivity index (χ0v) is 19.9. The number of hydrogen-bond donors (Lipinski definition) is 2. The molecule has 6 heteroatoms. The number of guanidine groups is 1. The van der Waals surface area contributed by atoms with Crippen molar-refractivity contribution in [3.05, 3.63) is 29.8 Å². The Hall–Kier alpha value is -1.02. The number of rotatable bonds is 5. The fourth-order valence-electron chi connectivity index (χ4n) is 4.15. The van der Waals surface area contributed by atoms with Gasteiger partial charge in [-0.1, -0.05) is 26.0 Å². The highest BCUT2D eigenvalue weighted by atomic mass is 127. The van der Waals surface area contributed by atoms with Gasteiger partial charge in [-0.3, -0.25) is 4.99 Å². The van der Waals surface area contributed by atoms with Gasteiger partial charge in [0.2, 0.25) is 0 Å². The molecule has 1 saturated carbocycles. The Morgan fingerprint density at radius 1 is 1.11 bits per heavy atom. The molecule has 0 radical (unpaired) electrons. The topological polar surface area (TPSA) is 48.9 Å². The molecule has 2 aliphatic rings. The van der Waals surface area contributed by atoms with Gasteiger partial charge in [0.25, 0.3) is 0 Å². The minimum Gasteiger partial charge on any atom is -0.378 e. The summed E-state index contributed by atoms with van der Waals surface area (Å²) in [6.45, 7) is 9.10. The average Bonchev–Trinajstić information content (AvgIpc) is 2.72. The predicted molar refractivity (Wildman–Crippen MR) is 129 cm³/mol. The molecule has 0 aromatic heterocycles. The number of hydrogen-bond acceptors (Lipinski definition) is 3. The lowest BCUT2D eigenvalue weighted by Crippen LogP contribution is -2.44. The van der Waals surface area contributed by atoms with Gasteiger partial charge in [0.05, 0.1) is 13.2 Å². The highest BCUT2D eigenvalue weighted by Gasteiger charge is 2.23. The SMILES string of the molecule is CN=C(NCc1ccc(N2CCOCC2)cc1)NC1CCC(C(C)C)CC1.I. The van der Waals surface area contributed by atoms with Gasteiger partial charge in [0.15, 0.2) is 5.96 Å². The maximum Gasteiger partial charge on any atom is 0.191 e. The summed E-state index contributed by atoms with van der Waals surface area (Å²) in [5.74, 6) is 2.62. The van der Waals surface area contributed by atoms with Crippen LogP contribution in [0.1, 0.15) is 45.1 Å². The van der Waals surface area contributed by atoms with E-state index in [0.717, 1.165) is 50.6 Å². The molecule has 0 atom stereocenters. The van der Waals surface area contributed by atoms with Gasteiger partial charge in [-0.15, -0.1) is 24.0 Å². The van der Waals surface area contributed by atoms with Crippen molar-refractivity contribution >= 4 is 35.6 Å². The quantitative estimate of drug-likeness (QED) is 0.365. The van der Waals surface area contributed by atoms with Crippen LogP contribution in [0.4, 0.5) is 5.69 Å². The van der Waals surface area contributed by atoms with E-state index in [-0.39, 0.29) is 24.0 Å². The molecule has 0 unspecified atom stereocenters. The molecule has 158 valence electrons. The van der Waals surface area contributed by atoms with Crippen LogP contribution in [0.5, 0.6) is 0 Å². The Morgan fingerprint density at radius 2 is 1.75 bits per heavy atom. The van der Waals surface area contributed by atoms with Gasteiger partial charge < -0.3 is 20.3 Å². The van der Waals surface area contributed by atoms with Gasteiger partial charge >= 0.3 is 0 Å². The number of nitrogens with zero attached hydrogens (tertiary/aromatic N) is 2. The molecule has 0 bridgehead atoms. The third kappa shape index (κ3) is 6.79. The second kappa shape index (κ2) is 11.9. The summed E-state index contributed by atoms with van der Waals surface area (Å²) in [4.78, 5) is 6.80. The lowest BCUT2D eigenvalue weighted by Gasteiger charge is -2.32. The molecule has 5 nitrogen and oxygen atoms in total. The zero-order valence-electron chi connectivity index (χ0n) is 17.6. The molecule has 1 aliphatic heterocycles. The lowest BCUT2D eigenvalue weighted by atomic mass is 9.80. The minimum atomic E-state index is 0. The lowest BCUT2D eigenvalue weighted by molar-refractivity contribution is 0.122. The van der Waals surface area contributed by atoms with E-state index in [0.29, 0.717) is 6.04 Å². The fraction of sp³-hybridized carbons (Fsp3) is 0.682. The van der Waals surface area contributed by atoms with Gasteiger partial charge in [-0.2, -0.15) is 0 Å². The van der Waals surface area contributed by atoms with Crippen molar-refractivity contribution in [1.82, 2.24) is 10.6 Å². The maximum atomic E-state index is 5.43. The van der Waals surface area contributed by atoms with E-state index in [1.807, 2.05) is 7.05 Å². The van der Waals surface area contributed by atoms with Crippen LogP contribution in [0.15, 0.2) is 29.3 Å². The predicted octanol–water partition coefficient (Wildman–Crippen LogP) is 4.02. The smallest absolute Gasteiger partial charge is 0.191 e. The highest BCUT2D eigenvalue weighted by molar-refractivity contribution is 14.0. The van der Waals surface area contributed by atoms with E-state index < -0.39 is 0 Å². The number of nitrogens with one attached hydrogen (secondary N) is 2. The van der Waals surface area contributed by atoms with Gasteiger partial charge in [-0.05, 0) is 55.2 Å². The molecular weight excluding hydrogens is 463 g/mol. The van der Waals surface area contributed by atoms with Crippen molar-refractivity contribution in [2.24, 2.45) is 16.8 Å². The molecule has 1 aliphatic carbocycles. The number of morpholine rings is 1. The van der Waals surface area contributed by atoms with Crippen LogP contribution < -0.4 is 15.5 Å². The van der Waals surface area contributed by atoms with E-state index in [4.69, 9.17) is 4.74 Å². The summed E-state index contributed by atoms with van der Waals surface area (Å²) >= 11 is 0. The third-order valence-electron chi connectivity index (χ3n) is 6.05. The van der Waals surface area contributed by atoms with Gasteiger partial charge in [0.1, 0.15) is 0 Å². The fourth-order valence-corrected chi connectivity index (χ4v) is 4.15. The number of halogens is 1. The normalized spacial score (nSPS) is 23.3. The Morgan fingerprint density at radius 3 is 2.32 bits per heavy atom. The van der Waals surface area contributed by atoms with E-state index in [2.05, 4.69) is 58.6 Å². The maximum absolute atomic E-state index is 5.43. The first-order valence-electron chi connectivity index (χ1n) is 10.5. The summed E-state index contributed by atoms with van der Waals surface area (Å²) in [5.41, 5.74) is 2.56. The monoisotopic (exact) mass is 500 g/mol. The summed E-state index contributed by atoms with van der Waals surface area (Å²) in [5, 5.41) is 7.09. The average molecular weight is 500 g/mol. The molecule has 2 N–H and O–H groups in total. The molecule has 1 heterocycles. The Kier molecular flexibility index (Phi) is 9.85. The molecule has 28 heavy (non-hydrogen) atoms. The van der Waals surface area contributed by atoms with Crippen LogP contribution >= 0.6 is 24.0 Å². The first-order chi connectivity index (χ1) is 13.2. The summed E-state index contributed by atoms with van der Waals surface area (Å²) < 4.78 is 5.43. The van der Waals surface area contributed by atoms with Crippen LogP contribution in [0.2, 0.25) is 0 Å². The van der Waals surface area contributed by atoms with Crippen molar-refractivity contribution in [2.75, 3.05) is 38.3 Å². The van der Waals surface area contributed by atoms with Crippen LogP contribution in [0.3, 0.4) is 0 Å². The largest absolute Gasteiger partial charge is 0.378 e. The van der Waals surface area contributed by atoms with Crippen LogP contribution in [0.25, 0.3) is 0 Å². The molecule has 0 spiro atoms. The van der Waals surface area contributed by atoms with Crippen molar-refractivity contribution in [1.29, 1.82) is 0 Å². The van der Waals surface area contributed by atoms with E-state index >= 15 is 0 Å². The van der Waals surface area contributed by atoms with Crippen molar-refractivity contribution in [2.45, 2.75) is 52.1 Å². The van der Waals surface area contributed by atoms with Crippen molar-refractivity contribution in [3.63, 3.8) is 0 Å². The standard InChI is InChI=1S/C22H36N4O.HI/c1-17(2)19-6-8-20(9-7-19)25-22(23-3)24-16-18-4-10-21(11-5-18)26-12-14-27-15-13-26;/h4-5,10-11,17,19-20H,6-9,12-16H2,1-3H3,(H2,23,24,25);1H. The Bertz CT molecular complexity index is 591. The highest BCUT2D eigenvalue weighted by Crippen LogP contribution is 2.29. The van der Waals surface area contributed by atoms with Crippen LogP contribution in [-0.4, -0.2) is 45.4 Å². The second-order valence-corrected chi connectivity index (χ2v) is 8.19. The zero-order chi connectivity index (χ0) is 19.1. The summed E-state index contributed by atoms with van der Waals surface area (Å²) in [6, 6.07) is 9.39. The van der Waals surface area contributed by atoms with Gasteiger partial charge in [-0.25, -0.2) is 0 Å². The Labute approximate surface area is 187 Å². The molecular formula is C22H37IN4O. The molecule has 3 rings (SSSR count). The number of benzene rings is 1. The van der Waals surface area contributed by atoms with E-state index in [9.17, 15) is 0 Å². The first-order valence-corrected chi connectivity index (χ1v) is 10.5. The molecule has 1 aromatic rings. The number of aliphatic imine (C=N–C) groups is 1. The van der Waals surface area contributed by atoms with Crippen molar-refractivity contribution in [3.8, 4) is 0 Å². The molecule has 1 saturated heterocycles. The van der Waals surface area contributed by atoms with E-state index in [1.165, 1.54) is 36.9 Å². The Balaban J connectivity index is 0.00000280. The van der Waals surface area contributed by atoms with Crippen molar-refractivity contribution < 1.29 is 4.74 Å². The third-order valence-corrected chi connectivity index (χ3v) is 6.05. The summed E-state index contributed by atoms with van der Waals surface area (Å²) in [7, 11) is 1.86. The minimum absolute atomic E-state index is 0. The first kappa shape index (κ1) is 23.3. The summed E-state index contributed by atoms with van der Waals surface area (Å²) in [6.07, 6.45) is 5.15. The molecule has 1 aromatic carbocycles. The van der Waals surface area contributed by atoms with Gasteiger partial charge in [0, 0.05) is 38.4 Å². The number of ether oxygens (including phenoxy) is 1.